The van der Waals surface area contributed by atoms with E-state index in [1.165, 1.54) is 0 Å². The van der Waals surface area contributed by atoms with Crippen LogP contribution in [0.15, 0.2) is 79.3 Å². The van der Waals surface area contributed by atoms with Gasteiger partial charge in [0.25, 0.3) is 5.91 Å². The van der Waals surface area contributed by atoms with Crippen molar-refractivity contribution in [2.24, 2.45) is 0 Å². The molecule has 1 N–H and O–H groups in total. The number of aromatic nitrogens is 4. The fourth-order valence-corrected chi connectivity index (χ4v) is 2.90. The minimum atomic E-state index is -0.245. The molecule has 1 amide bonds. The molecule has 1 aromatic carbocycles. The fraction of sp³-hybridized carbons (Fsp3) is 0.167. The molecule has 0 spiro atoms. The van der Waals surface area contributed by atoms with Gasteiger partial charge in [-0.25, -0.2) is 4.98 Å². The summed E-state index contributed by atoms with van der Waals surface area (Å²) in [7, 11) is 0. The normalized spacial score (nSPS) is 11.2. The lowest BCUT2D eigenvalue weighted by Crippen LogP contribution is -2.15. The van der Waals surface area contributed by atoms with E-state index in [9.17, 15) is 4.79 Å². The molecule has 0 saturated heterocycles. The Hall–Kier alpha value is -4.00. The molecule has 0 aliphatic heterocycles. The van der Waals surface area contributed by atoms with Gasteiger partial charge in [-0.05, 0) is 48.5 Å². The molecule has 0 radical (unpaired) electrons. The molecule has 0 bridgehead atoms. The molecule has 0 aliphatic rings. The summed E-state index contributed by atoms with van der Waals surface area (Å²) in [5.41, 5.74) is 1.18. The minimum absolute atomic E-state index is 0.176. The van der Waals surface area contributed by atoms with Crippen molar-refractivity contribution in [3.05, 3.63) is 90.5 Å². The molecule has 7 heteroatoms. The summed E-state index contributed by atoms with van der Waals surface area (Å²) in [6.07, 6.45) is 5.01. The summed E-state index contributed by atoms with van der Waals surface area (Å²) < 4.78 is 7.38. The van der Waals surface area contributed by atoms with Crippen molar-refractivity contribution in [2.75, 3.05) is 5.32 Å². The Morgan fingerprint density at radius 3 is 2.42 bits per heavy atom. The third-order valence-electron chi connectivity index (χ3n) is 4.57. The van der Waals surface area contributed by atoms with Gasteiger partial charge in [0.15, 0.2) is 5.82 Å². The van der Waals surface area contributed by atoms with Crippen molar-refractivity contribution in [3.8, 4) is 17.3 Å². The van der Waals surface area contributed by atoms with Crippen molar-refractivity contribution in [2.45, 2.75) is 26.2 Å². The Balaban J connectivity index is 1.56. The van der Waals surface area contributed by atoms with Gasteiger partial charge in [-0.1, -0.05) is 26.8 Å². The van der Waals surface area contributed by atoms with E-state index in [2.05, 4.69) is 41.2 Å². The van der Waals surface area contributed by atoms with E-state index >= 15 is 0 Å². The summed E-state index contributed by atoms with van der Waals surface area (Å²) in [4.78, 5) is 21.3. The Morgan fingerprint density at radius 2 is 1.77 bits per heavy atom. The topological polar surface area (TPSA) is 81.9 Å². The maximum Gasteiger partial charge on any atom is 0.256 e. The number of rotatable bonds is 5. The van der Waals surface area contributed by atoms with Gasteiger partial charge in [-0.2, -0.15) is 9.78 Å². The number of hydrogen-bond donors (Lipinski definition) is 1. The van der Waals surface area contributed by atoms with Gasteiger partial charge in [-0.15, -0.1) is 0 Å². The van der Waals surface area contributed by atoms with E-state index in [1.54, 1.807) is 53.6 Å². The molecule has 4 aromatic rings. The first-order chi connectivity index (χ1) is 14.9. The van der Waals surface area contributed by atoms with Crippen molar-refractivity contribution in [1.82, 2.24) is 19.7 Å². The predicted molar refractivity (Wildman–Crippen MR) is 119 cm³/mol. The predicted octanol–water partition coefficient (Wildman–Crippen LogP) is 5.00. The van der Waals surface area contributed by atoms with Crippen molar-refractivity contribution < 1.29 is 9.53 Å². The zero-order valence-electron chi connectivity index (χ0n) is 17.6. The summed E-state index contributed by atoms with van der Waals surface area (Å²) in [5, 5.41) is 7.63. The minimum Gasteiger partial charge on any atom is -0.456 e. The number of carbonyl (C=O) groups excluding carboxylic acids is 1. The molecule has 3 aromatic heterocycles. The van der Waals surface area contributed by atoms with Gasteiger partial charge >= 0.3 is 0 Å². The highest BCUT2D eigenvalue weighted by Gasteiger charge is 2.22. The summed E-state index contributed by atoms with van der Waals surface area (Å²) in [6, 6.07) is 18.0. The second-order valence-electron chi connectivity index (χ2n) is 8.03. The van der Waals surface area contributed by atoms with Crippen LogP contribution in [0.2, 0.25) is 0 Å². The molecule has 3 heterocycles. The standard InChI is InChI=1S/C24H23N5O2/c1-24(2,3)20-15-22(29(28-20)21-8-4-5-14-26-21)27-23(30)17-9-11-18(12-10-17)31-19-7-6-13-25-16-19/h4-16H,1-3H3,(H,27,30). The first-order valence-corrected chi connectivity index (χ1v) is 9.91. The monoisotopic (exact) mass is 413 g/mol. The van der Waals surface area contributed by atoms with Crippen LogP contribution >= 0.6 is 0 Å². The van der Waals surface area contributed by atoms with Crippen LogP contribution in [0.3, 0.4) is 0 Å². The Bertz CT molecular complexity index is 1160. The van der Waals surface area contributed by atoms with Crippen LogP contribution in [-0.2, 0) is 5.41 Å². The van der Waals surface area contributed by atoms with Gasteiger partial charge in [0, 0.05) is 29.4 Å². The second kappa shape index (κ2) is 8.39. The number of carbonyl (C=O) groups is 1. The number of nitrogens with zero attached hydrogens (tertiary/aromatic N) is 4. The first kappa shape index (κ1) is 20.3. The molecule has 4 rings (SSSR count). The average molecular weight is 413 g/mol. The molecule has 0 unspecified atom stereocenters. The molecular weight excluding hydrogens is 390 g/mol. The number of hydrogen-bond acceptors (Lipinski definition) is 5. The number of anilines is 1. The zero-order chi connectivity index (χ0) is 21.8. The van der Waals surface area contributed by atoms with Crippen molar-refractivity contribution >= 4 is 11.7 Å². The molecule has 156 valence electrons. The number of nitrogens with one attached hydrogen (secondary N) is 1. The van der Waals surface area contributed by atoms with Gasteiger partial charge in [0.2, 0.25) is 0 Å². The van der Waals surface area contributed by atoms with Crippen LogP contribution in [0.1, 0.15) is 36.8 Å². The SMILES string of the molecule is CC(C)(C)c1cc(NC(=O)c2ccc(Oc3cccnc3)cc2)n(-c2ccccn2)n1. The van der Waals surface area contributed by atoms with Gasteiger partial charge < -0.3 is 10.1 Å². The first-order valence-electron chi connectivity index (χ1n) is 9.91. The Kier molecular flexibility index (Phi) is 5.49. The van der Waals surface area contributed by atoms with E-state index in [1.807, 2.05) is 30.3 Å². The van der Waals surface area contributed by atoms with Crippen LogP contribution in [0, 0.1) is 0 Å². The molecule has 7 nitrogen and oxygen atoms in total. The van der Waals surface area contributed by atoms with E-state index in [-0.39, 0.29) is 11.3 Å². The maximum atomic E-state index is 12.9. The smallest absolute Gasteiger partial charge is 0.256 e. The highest BCUT2D eigenvalue weighted by Crippen LogP contribution is 2.26. The quantitative estimate of drug-likeness (QED) is 0.498. The molecule has 0 aliphatic carbocycles. The van der Waals surface area contributed by atoms with Crippen molar-refractivity contribution in [1.29, 1.82) is 0 Å². The van der Waals surface area contributed by atoms with E-state index in [0.717, 1.165) is 5.69 Å². The fourth-order valence-electron chi connectivity index (χ4n) is 2.90. The lowest BCUT2D eigenvalue weighted by molar-refractivity contribution is 0.102. The van der Waals surface area contributed by atoms with Crippen molar-refractivity contribution in [3.63, 3.8) is 0 Å². The van der Waals surface area contributed by atoms with Gasteiger partial charge in [-0.3, -0.25) is 9.78 Å². The lowest BCUT2D eigenvalue weighted by Gasteiger charge is -2.13. The second-order valence-corrected chi connectivity index (χ2v) is 8.03. The number of amides is 1. The number of benzene rings is 1. The average Bonchev–Trinajstić information content (AvgIpc) is 3.20. The maximum absolute atomic E-state index is 12.9. The molecule has 31 heavy (non-hydrogen) atoms. The van der Waals surface area contributed by atoms with Crippen LogP contribution in [-0.4, -0.2) is 25.7 Å². The summed E-state index contributed by atoms with van der Waals surface area (Å²) in [6.45, 7) is 6.22. The molecule has 0 fully saturated rings. The lowest BCUT2D eigenvalue weighted by atomic mass is 9.92. The van der Waals surface area contributed by atoms with E-state index < -0.39 is 0 Å². The largest absolute Gasteiger partial charge is 0.456 e. The van der Waals surface area contributed by atoms with Crippen LogP contribution < -0.4 is 10.1 Å². The highest BCUT2D eigenvalue weighted by molar-refractivity contribution is 6.04. The summed E-state index contributed by atoms with van der Waals surface area (Å²) >= 11 is 0. The van der Waals surface area contributed by atoms with Crippen LogP contribution in [0.4, 0.5) is 5.82 Å². The third kappa shape index (κ3) is 4.78. The Labute approximate surface area is 180 Å². The Morgan fingerprint density at radius 1 is 0.968 bits per heavy atom. The zero-order valence-corrected chi connectivity index (χ0v) is 17.6. The van der Waals surface area contributed by atoms with Crippen LogP contribution in [0.25, 0.3) is 5.82 Å². The number of ether oxygens (including phenoxy) is 1. The molecule has 0 saturated carbocycles. The van der Waals surface area contributed by atoms with Crippen LogP contribution in [0.5, 0.6) is 11.5 Å². The molecular formula is C24H23N5O2. The highest BCUT2D eigenvalue weighted by atomic mass is 16.5. The summed E-state index contributed by atoms with van der Waals surface area (Å²) in [5.74, 6) is 2.20. The third-order valence-corrected chi connectivity index (χ3v) is 4.57. The van der Waals surface area contributed by atoms with E-state index in [4.69, 9.17) is 4.74 Å². The van der Waals surface area contributed by atoms with E-state index in [0.29, 0.717) is 28.7 Å². The molecule has 0 atom stereocenters. The van der Waals surface area contributed by atoms with Gasteiger partial charge in [0.1, 0.15) is 17.3 Å². The van der Waals surface area contributed by atoms with Gasteiger partial charge in [0.05, 0.1) is 11.9 Å². The number of pyridine rings is 2.